The van der Waals surface area contributed by atoms with Gasteiger partial charge in [0.05, 0.1) is 17.8 Å². The van der Waals surface area contributed by atoms with Crippen molar-refractivity contribution in [3.63, 3.8) is 0 Å². The largest absolute Gasteiger partial charge is 0.463 e. The van der Waals surface area contributed by atoms with Gasteiger partial charge in [-0.25, -0.2) is 4.79 Å². The quantitative estimate of drug-likeness (QED) is 0.318. The molecule has 1 fully saturated rings. The molecule has 1 aliphatic rings. The maximum atomic E-state index is 11.9. The van der Waals surface area contributed by atoms with Gasteiger partial charge in [0.15, 0.2) is 0 Å². The highest BCUT2D eigenvalue weighted by molar-refractivity contribution is 8.00. The zero-order valence-corrected chi connectivity index (χ0v) is 13.8. The van der Waals surface area contributed by atoms with Gasteiger partial charge in [0, 0.05) is 6.20 Å². The highest BCUT2D eigenvalue weighted by Gasteiger charge is 2.44. The SMILES string of the molecule is NC(=O)C[C@@H](N)C(=O)OC[C@H]1S[C@@H](n2ccc(N)nc2=O)C(O)C1O. The van der Waals surface area contributed by atoms with Crippen molar-refractivity contribution in [3.8, 4) is 0 Å². The van der Waals surface area contributed by atoms with E-state index in [1.54, 1.807) is 0 Å². The fraction of sp³-hybridized carbons (Fsp3) is 0.538. The number of carbonyl (C=O) groups excluding carboxylic acids is 2. The van der Waals surface area contributed by atoms with Crippen LogP contribution in [0.15, 0.2) is 17.1 Å². The summed E-state index contributed by atoms with van der Waals surface area (Å²) in [6.07, 6.45) is -1.54. The molecule has 138 valence electrons. The number of hydrogen-bond acceptors (Lipinski definition) is 10. The molecule has 12 heteroatoms. The molecule has 2 rings (SSSR count). The van der Waals surface area contributed by atoms with Gasteiger partial charge in [-0.3, -0.25) is 14.2 Å². The Hall–Kier alpha value is -2.15. The van der Waals surface area contributed by atoms with Gasteiger partial charge in [-0.15, -0.1) is 11.8 Å². The highest BCUT2D eigenvalue weighted by atomic mass is 32.2. The summed E-state index contributed by atoms with van der Waals surface area (Å²) >= 11 is 1.04. The molecule has 2 heterocycles. The maximum absolute atomic E-state index is 11.9. The molecule has 0 aliphatic carbocycles. The molecule has 0 radical (unpaired) electrons. The molecule has 0 saturated carbocycles. The number of esters is 1. The number of aromatic nitrogens is 2. The number of hydrogen-bond donors (Lipinski definition) is 5. The summed E-state index contributed by atoms with van der Waals surface area (Å²) in [4.78, 5) is 37.8. The van der Waals surface area contributed by atoms with E-state index in [-0.39, 0.29) is 18.8 Å². The Labute approximate surface area is 146 Å². The summed E-state index contributed by atoms with van der Waals surface area (Å²) < 4.78 is 6.09. The van der Waals surface area contributed by atoms with Crippen LogP contribution in [0.3, 0.4) is 0 Å². The number of ether oxygens (including phenoxy) is 1. The topological polar surface area (TPSA) is 197 Å². The molecule has 1 saturated heterocycles. The Bertz CT molecular complexity index is 712. The molecule has 11 nitrogen and oxygen atoms in total. The lowest BCUT2D eigenvalue weighted by atomic mass is 10.1. The second-order valence-corrected chi connectivity index (χ2v) is 6.86. The number of anilines is 1. The normalized spacial score (nSPS) is 27.0. The van der Waals surface area contributed by atoms with Crippen molar-refractivity contribution in [3.05, 3.63) is 22.7 Å². The van der Waals surface area contributed by atoms with E-state index in [0.29, 0.717) is 0 Å². The molecule has 0 spiro atoms. The van der Waals surface area contributed by atoms with Crippen molar-refractivity contribution in [1.82, 2.24) is 9.55 Å². The number of aliphatic hydroxyl groups excluding tert-OH is 2. The summed E-state index contributed by atoms with van der Waals surface area (Å²) in [5, 5.41) is 18.7. The van der Waals surface area contributed by atoms with Crippen LogP contribution in [0.5, 0.6) is 0 Å². The van der Waals surface area contributed by atoms with Gasteiger partial charge in [-0.05, 0) is 6.07 Å². The van der Waals surface area contributed by atoms with Crippen LogP contribution in [0, 0.1) is 0 Å². The van der Waals surface area contributed by atoms with Crippen molar-refractivity contribution < 1.29 is 24.5 Å². The van der Waals surface area contributed by atoms with Gasteiger partial charge in [-0.1, -0.05) is 0 Å². The lowest BCUT2D eigenvalue weighted by molar-refractivity contribution is -0.147. The van der Waals surface area contributed by atoms with Crippen LogP contribution in [0.1, 0.15) is 11.8 Å². The molecule has 8 N–H and O–H groups in total. The van der Waals surface area contributed by atoms with Crippen LogP contribution in [0.2, 0.25) is 0 Å². The van der Waals surface area contributed by atoms with Gasteiger partial charge < -0.3 is 32.2 Å². The molecule has 1 aromatic rings. The van der Waals surface area contributed by atoms with E-state index in [9.17, 15) is 24.6 Å². The van der Waals surface area contributed by atoms with Crippen molar-refractivity contribution in [1.29, 1.82) is 0 Å². The van der Waals surface area contributed by atoms with Gasteiger partial charge in [-0.2, -0.15) is 4.98 Å². The van der Waals surface area contributed by atoms with Crippen LogP contribution in [-0.4, -0.2) is 61.7 Å². The van der Waals surface area contributed by atoms with Crippen LogP contribution in [0.4, 0.5) is 5.82 Å². The molecule has 25 heavy (non-hydrogen) atoms. The van der Waals surface area contributed by atoms with E-state index in [1.807, 2.05) is 0 Å². The Morgan fingerprint density at radius 3 is 2.68 bits per heavy atom. The summed E-state index contributed by atoms with van der Waals surface area (Å²) in [5.74, 6) is -1.56. The predicted molar refractivity (Wildman–Crippen MR) is 88.1 cm³/mol. The van der Waals surface area contributed by atoms with Crippen molar-refractivity contribution in [2.75, 3.05) is 12.3 Å². The first-order valence-corrected chi connectivity index (χ1v) is 8.21. The first-order chi connectivity index (χ1) is 11.7. The van der Waals surface area contributed by atoms with E-state index in [1.165, 1.54) is 12.3 Å². The predicted octanol–water partition coefficient (Wildman–Crippen LogP) is -3.09. The molecule has 0 aromatic carbocycles. The summed E-state index contributed by atoms with van der Waals surface area (Å²) in [6.45, 7) is -0.262. The Morgan fingerprint density at radius 2 is 2.08 bits per heavy atom. The lowest BCUT2D eigenvalue weighted by Crippen LogP contribution is -2.39. The standard InChI is InChI=1S/C13H19N5O6S/c14-5(3-8(16)19)12(22)24-4-6-9(20)10(21)11(25-6)18-2-1-7(15)17-13(18)23/h1-2,5-6,9-11,20-21H,3-4,14H2,(H2,16,19)(H2,15,17,23)/t5-,6-,9?,10?,11-/m1/s1. The van der Waals surface area contributed by atoms with Gasteiger partial charge in [0.2, 0.25) is 5.91 Å². The fourth-order valence-corrected chi connectivity index (χ4v) is 3.73. The lowest BCUT2D eigenvalue weighted by Gasteiger charge is -2.17. The zero-order chi connectivity index (χ0) is 18.7. The molecule has 5 atom stereocenters. The molecule has 1 amide bonds. The molecular formula is C13H19N5O6S. The first kappa shape index (κ1) is 19.2. The van der Waals surface area contributed by atoms with Crippen LogP contribution in [0.25, 0.3) is 0 Å². The maximum Gasteiger partial charge on any atom is 0.350 e. The number of aliphatic hydroxyl groups is 2. The third-order valence-corrected chi connectivity index (χ3v) is 5.13. The Morgan fingerprint density at radius 1 is 1.40 bits per heavy atom. The van der Waals surface area contributed by atoms with Crippen molar-refractivity contribution in [2.45, 2.75) is 35.3 Å². The number of nitrogen functional groups attached to an aromatic ring is 1. The number of rotatable bonds is 6. The van der Waals surface area contributed by atoms with Crippen LogP contribution >= 0.6 is 11.8 Å². The van der Waals surface area contributed by atoms with Gasteiger partial charge in [0.1, 0.15) is 29.9 Å². The average molecular weight is 373 g/mol. The van der Waals surface area contributed by atoms with E-state index in [0.717, 1.165) is 16.3 Å². The third kappa shape index (κ3) is 4.48. The van der Waals surface area contributed by atoms with E-state index >= 15 is 0 Å². The van der Waals surface area contributed by atoms with E-state index in [2.05, 4.69) is 4.98 Å². The van der Waals surface area contributed by atoms with E-state index < -0.39 is 46.4 Å². The van der Waals surface area contributed by atoms with Gasteiger partial charge >= 0.3 is 11.7 Å². The highest BCUT2D eigenvalue weighted by Crippen LogP contribution is 2.41. The number of amides is 1. The van der Waals surface area contributed by atoms with Gasteiger partial charge in [0.25, 0.3) is 0 Å². The minimum atomic E-state index is -1.28. The minimum absolute atomic E-state index is 0.0354. The summed E-state index contributed by atoms with van der Waals surface area (Å²) in [6, 6.07) is 0.183. The number of carbonyl (C=O) groups is 2. The Kier molecular flexibility index (Phi) is 6.00. The smallest absolute Gasteiger partial charge is 0.350 e. The van der Waals surface area contributed by atoms with Crippen LogP contribution in [-0.2, 0) is 14.3 Å². The molecular weight excluding hydrogens is 354 g/mol. The third-order valence-electron chi connectivity index (χ3n) is 3.58. The summed E-state index contributed by atoms with van der Waals surface area (Å²) in [5.41, 5.74) is 15.1. The van der Waals surface area contributed by atoms with Crippen molar-refractivity contribution in [2.24, 2.45) is 11.5 Å². The Balaban J connectivity index is 2.01. The fourth-order valence-electron chi connectivity index (χ4n) is 2.29. The van der Waals surface area contributed by atoms with Crippen molar-refractivity contribution >= 4 is 29.5 Å². The monoisotopic (exact) mass is 373 g/mol. The first-order valence-electron chi connectivity index (χ1n) is 7.27. The second-order valence-electron chi connectivity index (χ2n) is 5.50. The second kappa shape index (κ2) is 7.82. The molecule has 0 bridgehead atoms. The number of nitrogens with two attached hydrogens (primary N) is 3. The minimum Gasteiger partial charge on any atom is -0.463 e. The number of nitrogens with zero attached hydrogens (tertiary/aromatic N) is 2. The van der Waals surface area contributed by atoms with Crippen LogP contribution < -0.4 is 22.9 Å². The number of primary amides is 1. The molecule has 1 aromatic heterocycles. The summed E-state index contributed by atoms with van der Waals surface area (Å²) in [7, 11) is 0. The zero-order valence-electron chi connectivity index (χ0n) is 13.0. The molecule has 1 aliphatic heterocycles. The average Bonchev–Trinajstić information content (AvgIpc) is 2.80. The van der Waals surface area contributed by atoms with E-state index in [4.69, 9.17) is 21.9 Å². The molecule has 2 unspecified atom stereocenters. The number of thioether (sulfide) groups is 1.